The number of ketones is 2. The Labute approximate surface area is 128 Å². The van der Waals surface area contributed by atoms with E-state index in [2.05, 4.69) is 0 Å². The summed E-state index contributed by atoms with van der Waals surface area (Å²) in [7, 11) is 1.22. The van der Waals surface area contributed by atoms with Crippen molar-refractivity contribution in [1.29, 1.82) is 5.41 Å². The number of carbonyl (C=O) groups is 3. The van der Waals surface area contributed by atoms with Crippen molar-refractivity contribution in [2.45, 2.75) is 33.6 Å². The van der Waals surface area contributed by atoms with Crippen LogP contribution in [-0.2, 0) is 19.1 Å². The van der Waals surface area contributed by atoms with Gasteiger partial charge >= 0.3 is 5.97 Å². The van der Waals surface area contributed by atoms with E-state index in [1.165, 1.54) is 7.11 Å². The maximum Gasteiger partial charge on any atom is 0.317 e. The van der Waals surface area contributed by atoms with Crippen molar-refractivity contribution in [2.24, 2.45) is 17.1 Å². The molecule has 0 aromatic heterocycles. The Hall–Kier alpha value is -1.63. The molecule has 0 saturated heterocycles. The van der Waals surface area contributed by atoms with Crippen LogP contribution in [0.4, 0.5) is 0 Å². The number of carbonyl (C=O) groups excluding carboxylic acids is 3. The third-order valence-electron chi connectivity index (χ3n) is 3.46. The van der Waals surface area contributed by atoms with Crippen LogP contribution in [0.25, 0.3) is 0 Å². The number of allylic oxidation sites excluding steroid dienone is 2. The van der Waals surface area contributed by atoms with Gasteiger partial charge < -0.3 is 10.5 Å². The Balaban J connectivity index is 3.42. The summed E-state index contributed by atoms with van der Waals surface area (Å²) in [6.07, 6.45) is 0.473. The second-order valence-corrected chi connectivity index (χ2v) is 6.66. The zero-order valence-corrected chi connectivity index (χ0v) is 13.4. The average Bonchev–Trinajstić information content (AvgIpc) is 2.35. The molecule has 7 heteroatoms. The first-order valence-electron chi connectivity index (χ1n) is 6.56. The summed E-state index contributed by atoms with van der Waals surface area (Å²) in [6.45, 7) is 5.17. The average molecular weight is 312 g/mol. The van der Waals surface area contributed by atoms with Crippen LogP contribution in [0.15, 0.2) is 10.5 Å². The van der Waals surface area contributed by atoms with Crippen molar-refractivity contribution >= 4 is 34.5 Å². The van der Waals surface area contributed by atoms with Gasteiger partial charge in [-0.15, -0.1) is 0 Å². The van der Waals surface area contributed by atoms with Crippen molar-refractivity contribution in [3.8, 4) is 0 Å². The second-order valence-electron chi connectivity index (χ2n) is 5.53. The van der Waals surface area contributed by atoms with Crippen LogP contribution < -0.4 is 5.73 Å². The zero-order chi connectivity index (χ0) is 16.4. The van der Waals surface area contributed by atoms with Gasteiger partial charge in [0.15, 0.2) is 16.7 Å². The van der Waals surface area contributed by atoms with E-state index in [-0.39, 0.29) is 22.9 Å². The summed E-state index contributed by atoms with van der Waals surface area (Å²) in [6, 6.07) is 0. The Morgan fingerprint density at radius 3 is 2.48 bits per heavy atom. The molecule has 0 heterocycles. The molecule has 1 aliphatic carbocycles. The molecule has 0 radical (unpaired) electrons. The molecule has 0 unspecified atom stereocenters. The molecule has 0 aromatic carbocycles. The van der Waals surface area contributed by atoms with Crippen LogP contribution in [0, 0.1) is 16.7 Å². The molecular weight excluding hydrogens is 292 g/mol. The van der Waals surface area contributed by atoms with Crippen molar-refractivity contribution in [1.82, 2.24) is 0 Å². The van der Waals surface area contributed by atoms with E-state index < -0.39 is 23.1 Å². The summed E-state index contributed by atoms with van der Waals surface area (Å²) in [5.41, 5.74) is 4.68. The predicted octanol–water partition coefficient (Wildman–Crippen LogP) is 1.63. The smallest absolute Gasteiger partial charge is 0.317 e. The fourth-order valence-electron chi connectivity index (χ4n) is 2.47. The van der Waals surface area contributed by atoms with E-state index in [9.17, 15) is 14.4 Å². The van der Waals surface area contributed by atoms with Gasteiger partial charge in [0.25, 0.3) is 0 Å². The van der Waals surface area contributed by atoms with Gasteiger partial charge in [0.2, 0.25) is 0 Å². The second kappa shape index (κ2) is 6.43. The molecule has 0 amide bonds. The minimum absolute atomic E-state index is 0.00701. The van der Waals surface area contributed by atoms with Gasteiger partial charge in [0.1, 0.15) is 5.92 Å². The first kappa shape index (κ1) is 17.4. The molecule has 1 atom stereocenters. The Bertz CT molecular complexity index is 537. The topological polar surface area (TPSA) is 110 Å². The van der Waals surface area contributed by atoms with Crippen LogP contribution in [0.3, 0.4) is 0 Å². The van der Waals surface area contributed by atoms with Crippen LogP contribution in [0.2, 0.25) is 0 Å². The van der Waals surface area contributed by atoms with Crippen molar-refractivity contribution < 1.29 is 19.1 Å². The number of amidine groups is 1. The molecule has 0 saturated carbocycles. The van der Waals surface area contributed by atoms with E-state index in [4.69, 9.17) is 15.9 Å². The monoisotopic (exact) mass is 312 g/mol. The fourth-order valence-corrected chi connectivity index (χ4v) is 3.50. The quantitative estimate of drug-likeness (QED) is 0.268. The summed E-state index contributed by atoms with van der Waals surface area (Å²) in [5.74, 6) is -2.52. The van der Waals surface area contributed by atoms with Gasteiger partial charge in [-0.2, -0.15) is 0 Å². The van der Waals surface area contributed by atoms with Gasteiger partial charge in [0, 0.05) is 11.3 Å². The van der Waals surface area contributed by atoms with E-state index in [0.29, 0.717) is 11.3 Å². The molecular formula is C14H20N2O4S. The van der Waals surface area contributed by atoms with E-state index in [1.807, 2.05) is 0 Å². The number of thioether (sulfide) groups is 1. The first-order valence-corrected chi connectivity index (χ1v) is 7.37. The highest BCUT2D eigenvalue weighted by atomic mass is 32.2. The molecule has 3 N–H and O–H groups in total. The first-order chi connectivity index (χ1) is 9.65. The number of nitrogens with one attached hydrogen (secondary N) is 1. The van der Waals surface area contributed by atoms with Crippen LogP contribution in [0.5, 0.6) is 0 Å². The standard InChI is InChI=1S/C14H20N2O4S/c1-5-7(17)9-8(21-13(15)16)6-14(2,3)10(11(9)18)12(19)20-4/h10H,5-6H2,1-4H3,(H3,15,16)/t10-/m1/s1. The summed E-state index contributed by atoms with van der Waals surface area (Å²) < 4.78 is 4.71. The zero-order valence-electron chi connectivity index (χ0n) is 12.6. The SMILES string of the molecule is CCC(=O)C1=C(SC(=N)N)CC(C)(C)[C@@H](C(=O)OC)C1=O. The normalized spacial score (nSPS) is 21.1. The molecule has 6 nitrogen and oxygen atoms in total. The Kier molecular flexibility index (Phi) is 5.33. The number of esters is 1. The number of hydrogen-bond acceptors (Lipinski definition) is 6. The lowest BCUT2D eigenvalue weighted by Gasteiger charge is -2.37. The third-order valence-corrected chi connectivity index (χ3v) is 4.27. The number of Topliss-reactive ketones (excluding diaryl/α,β-unsaturated/α-hetero) is 2. The maximum atomic E-state index is 12.6. The largest absolute Gasteiger partial charge is 0.468 e. The summed E-state index contributed by atoms with van der Waals surface area (Å²) in [5, 5.41) is 7.19. The predicted molar refractivity (Wildman–Crippen MR) is 80.7 cm³/mol. The fraction of sp³-hybridized carbons (Fsp3) is 0.571. The highest BCUT2D eigenvalue weighted by Gasteiger charge is 2.48. The minimum Gasteiger partial charge on any atom is -0.468 e. The minimum atomic E-state index is -1.01. The molecule has 0 fully saturated rings. The van der Waals surface area contributed by atoms with E-state index in [0.717, 1.165) is 11.8 Å². The number of rotatable bonds is 4. The lowest BCUT2D eigenvalue weighted by molar-refractivity contribution is -0.153. The Morgan fingerprint density at radius 2 is 2.05 bits per heavy atom. The molecule has 21 heavy (non-hydrogen) atoms. The highest BCUT2D eigenvalue weighted by molar-refractivity contribution is 8.17. The van der Waals surface area contributed by atoms with Gasteiger partial charge in [-0.1, -0.05) is 32.5 Å². The third kappa shape index (κ3) is 3.53. The van der Waals surface area contributed by atoms with Crippen LogP contribution in [-0.4, -0.2) is 29.8 Å². The number of hydrogen-bond donors (Lipinski definition) is 2. The lowest BCUT2D eigenvalue weighted by Crippen LogP contribution is -2.44. The molecule has 0 aromatic rings. The van der Waals surface area contributed by atoms with Gasteiger partial charge in [-0.3, -0.25) is 19.8 Å². The van der Waals surface area contributed by atoms with Crippen LogP contribution >= 0.6 is 11.8 Å². The number of nitrogens with two attached hydrogens (primary N) is 1. The number of ether oxygens (including phenoxy) is 1. The van der Waals surface area contributed by atoms with Gasteiger partial charge in [-0.25, -0.2) is 0 Å². The Morgan fingerprint density at radius 1 is 1.48 bits per heavy atom. The highest BCUT2D eigenvalue weighted by Crippen LogP contribution is 2.45. The molecule has 0 spiro atoms. The van der Waals surface area contributed by atoms with Crippen molar-refractivity contribution in [2.75, 3.05) is 7.11 Å². The molecule has 116 valence electrons. The summed E-state index contributed by atoms with van der Waals surface area (Å²) >= 11 is 0.902. The van der Waals surface area contributed by atoms with Crippen molar-refractivity contribution in [3.63, 3.8) is 0 Å². The maximum absolute atomic E-state index is 12.6. The van der Waals surface area contributed by atoms with E-state index in [1.54, 1.807) is 20.8 Å². The molecule has 1 rings (SSSR count). The summed E-state index contributed by atoms with van der Waals surface area (Å²) in [4.78, 5) is 37.1. The number of methoxy groups -OCH3 is 1. The van der Waals surface area contributed by atoms with Gasteiger partial charge in [0.05, 0.1) is 12.7 Å². The van der Waals surface area contributed by atoms with Crippen LogP contribution in [0.1, 0.15) is 33.6 Å². The van der Waals surface area contributed by atoms with E-state index >= 15 is 0 Å². The molecule has 1 aliphatic rings. The lowest BCUT2D eigenvalue weighted by atomic mass is 9.68. The molecule has 0 aliphatic heterocycles. The van der Waals surface area contributed by atoms with Crippen molar-refractivity contribution in [3.05, 3.63) is 10.5 Å². The molecule has 0 bridgehead atoms. The van der Waals surface area contributed by atoms with Gasteiger partial charge in [-0.05, 0) is 11.8 Å².